The number of hydrogen-bond donors (Lipinski definition) is 3. The van der Waals surface area contributed by atoms with E-state index in [2.05, 4.69) is 31.3 Å². The van der Waals surface area contributed by atoms with Crippen LogP contribution in [0.25, 0.3) is 0 Å². The molecular formula is C64H125NO5. The molecule has 0 fully saturated rings. The molecule has 2 unspecified atom stereocenters. The molecular weight excluding hydrogens is 863 g/mol. The fraction of sp³-hybridized carbons (Fsp3) is 0.938. The number of aliphatic hydroxyl groups excluding tert-OH is 2. The Kier molecular flexibility index (Phi) is 59.0. The highest BCUT2D eigenvalue weighted by atomic mass is 16.5. The van der Waals surface area contributed by atoms with Gasteiger partial charge in [0.15, 0.2) is 0 Å². The molecule has 0 aromatic rings. The molecule has 6 nitrogen and oxygen atoms in total. The van der Waals surface area contributed by atoms with Crippen LogP contribution < -0.4 is 5.32 Å². The molecule has 0 radical (unpaired) electrons. The van der Waals surface area contributed by atoms with Gasteiger partial charge in [0.1, 0.15) is 0 Å². The normalized spacial score (nSPS) is 12.6. The molecule has 3 N–H and O–H groups in total. The molecule has 0 saturated heterocycles. The summed E-state index contributed by atoms with van der Waals surface area (Å²) >= 11 is 0. The molecule has 0 bridgehead atoms. The molecule has 0 aromatic carbocycles. The van der Waals surface area contributed by atoms with Crippen LogP contribution in [-0.2, 0) is 14.3 Å². The van der Waals surface area contributed by atoms with E-state index in [0.29, 0.717) is 25.9 Å². The number of nitrogens with one attached hydrogen (secondary N) is 1. The quantitative estimate of drug-likeness (QED) is 0.0321. The van der Waals surface area contributed by atoms with Crippen molar-refractivity contribution < 1.29 is 24.5 Å². The molecule has 0 aliphatic rings. The lowest BCUT2D eigenvalue weighted by atomic mass is 10.0. The third-order valence-corrected chi connectivity index (χ3v) is 15.1. The number of unbranched alkanes of at least 4 members (excludes halogenated alkanes) is 47. The van der Waals surface area contributed by atoms with Crippen LogP contribution in [0.2, 0.25) is 0 Å². The maximum Gasteiger partial charge on any atom is 0.305 e. The van der Waals surface area contributed by atoms with Gasteiger partial charge < -0.3 is 20.3 Å². The minimum absolute atomic E-state index is 0.0166. The van der Waals surface area contributed by atoms with Gasteiger partial charge in [-0.2, -0.15) is 0 Å². The second-order valence-electron chi connectivity index (χ2n) is 22.1. The molecule has 0 aromatic heterocycles. The summed E-state index contributed by atoms with van der Waals surface area (Å²) in [5, 5.41) is 23.2. The summed E-state index contributed by atoms with van der Waals surface area (Å²) in [7, 11) is 0. The maximum atomic E-state index is 12.5. The van der Waals surface area contributed by atoms with Gasteiger partial charge in [0.2, 0.25) is 5.91 Å². The van der Waals surface area contributed by atoms with Crippen LogP contribution in [0.4, 0.5) is 0 Å². The Morgan fingerprint density at radius 1 is 0.386 bits per heavy atom. The molecule has 0 aliphatic carbocycles. The number of amides is 1. The average molecular weight is 989 g/mol. The van der Waals surface area contributed by atoms with E-state index in [4.69, 9.17) is 4.74 Å². The minimum atomic E-state index is -0.666. The fourth-order valence-electron chi connectivity index (χ4n) is 10.2. The summed E-state index contributed by atoms with van der Waals surface area (Å²) in [4.78, 5) is 24.6. The van der Waals surface area contributed by atoms with Gasteiger partial charge in [-0.25, -0.2) is 0 Å². The van der Waals surface area contributed by atoms with Crippen molar-refractivity contribution in [2.24, 2.45) is 0 Å². The first-order valence-corrected chi connectivity index (χ1v) is 31.9. The van der Waals surface area contributed by atoms with Gasteiger partial charge in [-0.1, -0.05) is 309 Å². The molecule has 0 heterocycles. The number of hydrogen-bond acceptors (Lipinski definition) is 5. The topological polar surface area (TPSA) is 95.9 Å². The van der Waals surface area contributed by atoms with Crippen LogP contribution in [0.5, 0.6) is 0 Å². The molecule has 0 rings (SSSR count). The fourth-order valence-corrected chi connectivity index (χ4v) is 10.2. The average Bonchev–Trinajstić information content (AvgIpc) is 3.36. The highest BCUT2D eigenvalue weighted by Crippen LogP contribution is 2.18. The smallest absolute Gasteiger partial charge is 0.305 e. The van der Waals surface area contributed by atoms with Crippen LogP contribution in [0.3, 0.4) is 0 Å². The maximum absolute atomic E-state index is 12.5. The Morgan fingerprint density at radius 3 is 1.01 bits per heavy atom. The van der Waals surface area contributed by atoms with Crippen LogP contribution >= 0.6 is 0 Å². The Hall–Kier alpha value is -1.40. The van der Waals surface area contributed by atoms with Crippen molar-refractivity contribution in [3.8, 4) is 0 Å². The summed E-state index contributed by atoms with van der Waals surface area (Å²) in [5.74, 6) is -0.0235. The van der Waals surface area contributed by atoms with Gasteiger partial charge in [0.25, 0.3) is 0 Å². The molecule has 70 heavy (non-hydrogen) atoms. The summed E-state index contributed by atoms with van der Waals surface area (Å²) in [6.45, 7) is 4.97. The number of aliphatic hydroxyl groups is 2. The number of allylic oxidation sites excluding steroid dienone is 2. The number of carbonyl (C=O) groups excluding carboxylic acids is 2. The number of esters is 1. The van der Waals surface area contributed by atoms with Gasteiger partial charge in [0.05, 0.1) is 25.4 Å². The van der Waals surface area contributed by atoms with E-state index in [9.17, 15) is 19.8 Å². The Bertz CT molecular complexity index is 1050. The van der Waals surface area contributed by atoms with Crippen molar-refractivity contribution in [3.05, 3.63) is 12.2 Å². The Labute approximate surface area is 438 Å². The van der Waals surface area contributed by atoms with Crippen molar-refractivity contribution in [1.82, 2.24) is 5.32 Å². The molecule has 0 aliphatic heterocycles. The molecule has 6 heteroatoms. The van der Waals surface area contributed by atoms with Crippen LogP contribution in [0.15, 0.2) is 12.2 Å². The predicted molar refractivity (Wildman–Crippen MR) is 306 cm³/mol. The van der Waals surface area contributed by atoms with Crippen molar-refractivity contribution in [2.75, 3.05) is 13.2 Å². The van der Waals surface area contributed by atoms with E-state index < -0.39 is 12.1 Å². The SMILES string of the molecule is CCCCCCCCCCCCCCCCCCCCC(=O)OCCCCCCCCCCCCCC/C=C\CCCCCCCCCC(=O)NC(CO)C(O)CCCCCCCCCCCCCC. The van der Waals surface area contributed by atoms with Crippen molar-refractivity contribution in [3.63, 3.8) is 0 Å². The van der Waals surface area contributed by atoms with Crippen LogP contribution in [0, 0.1) is 0 Å². The third-order valence-electron chi connectivity index (χ3n) is 15.1. The van der Waals surface area contributed by atoms with Gasteiger partial charge in [-0.15, -0.1) is 0 Å². The highest BCUT2D eigenvalue weighted by molar-refractivity contribution is 5.76. The third kappa shape index (κ3) is 55.9. The summed E-state index contributed by atoms with van der Waals surface area (Å²) in [6, 6.07) is -0.544. The first kappa shape index (κ1) is 68.6. The predicted octanol–water partition coefficient (Wildman–Crippen LogP) is 20.0. The second kappa shape index (κ2) is 60.2. The standard InChI is InChI=1S/C64H125NO5/c1-3-5-7-9-11-13-15-17-18-19-28-31-34-38-42-46-50-54-58-64(69)70-59-55-51-47-43-39-35-32-29-26-24-22-20-21-23-25-27-30-33-37-41-45-49-53-57-63(68)65-61(60-66)62(67)56-52-48-44-40-36-16-14-12-10-8-6-4-2/h23,25,61-62,66-67H,3-22,24,26-60H2,1-2H3,(H,65,68)/b25-23-. The van der Waals surface area contributed by atoms with E-state index >= 15 is 0 Å². The monoisotopic (exact) mass is 988 g/mol. The summed E-state index contributed by atoms with van der Waals surface area (Å²) < 4.78 is 5.50. The van der Waals surface area contributed by atoms with E-state index in [-0.39, 0.29) is 18.5 Å². The number of carbonyl (C=O) groups is 2. The number of rotatable bonds is 60. The number of ether oxygens (including phenoxy) is 1. The lowest BCUT2D eigenvalue weighted by Gasteiger charge is -2.22. The largest absolute Gasteiger partial charge is 0.466 e. The lowest BCUT2D eigenvalue weighted by molar-refractivity contribution is -0.143. The van der Waals surface area contributed by atoms with E-state index in [0.717, 1.165) is 38.5 Å². The lowest BCUT2D eigenvalue weighted by Crippen LogP contribution is -2.45. The van der Waals surface area contributed by atoms with Crippen LogP contribution in [-0.4, -0.2) is 47.4 Å². The van der Waals surface area contributed by atoms with Crippen molar-refractivity contribution >= 4 is 11.9 Å². The molecule has 1 amide bonds. The Morgan fingerprint density at radius 2 is 0.671 bits per heavy atom. The zero-order valence-corrected chi connectivity index (χ0v) is 47.5. The van der Waals surface area contributed by atoms with Crippen LogP contribution in [0.1, 0.15) is 361 Å². The van der Waals surface area contributed by atoms with Crippen molar-refractivity contribution in [1.29, 1.82) is 0 Å². The summed E-state index contributed by atoms with van der Waals surface area (Å²) in [5.41, 5.74) is 0. The van der Waals surface area contributed by atoms with E-state index in [1.165, 1.54) is 289 Å². The van der Waals surface area contributed by atoms with Crippen molar-refractivity contribution in [2.45, 2.75) is 373 Å². The first-order valence-electron chi connectivity index (χ1n) is 31.9. The zero-order chi connectivity index (χ0) is 50.7. The molecule has 0 saturated carbocycles. The minimum Gasteiger partial charge on any atom is -0.466 e. The van der Waals surface area contributed by atoms with Gasteiger partial charge in [-0.05, 0) is 51.4 Å². The van der Waals surface area contributed by atoms with Gasteiger partial charge in [0, 0.05) is 12.8 Å². The second-order valence-corrected chi connectivity index (χ2v) is 22.1. The Balaban J connectivity index is 3.36. The summed E-state index contributed by atoms with van der Waals surface area (Å²) in [6.07, 6.45) is 72.3. The highest BCUT2D eigenvalue weighted by Gasteiger charge is 2.20. The molecule has 2 atom stereocenters. The van der Waals surface area contributed by atoms with Gasteiger partial charge in [-0.3, -0.25) is 9.59 Å². The van der Waals surface area contributed by atoms with E-state index in [1.807, 2.05) is 0 Å². The zero-order valence-electron chi connectivity index (χ0n) is 47.5. The molecule has 0 spiro atoms. The first-order chi connectivity index (χ1) is 34.5. The van der Waals surface area contributed by atoms with E-state index in [1.54, 1.807) is 0 Å². The van der Waals surface area contributed by atoms with Gasteiger partial charge >= 0.3 is 5.97 Å². The molecule has 416 valence electrons.